The van der Waals surface area contributed by atoms with Crippen LogP contribution in [0.15, 0.2) is 47.1 Å². The predicted octanol–water partition coefficient (Wildman–Crippen LogP) is 4.85. The minimum absolute atomic E-state index is 0.0601. The van der Waals surface area contributed by atoms with Gasteiger partial charge in [0, 0.05) is 0 Å². The lowest BCUT2D eigenvalue weighted by molar-refractivity contribution is -0.236. The van der Waals surface area contributed by atoms with E-state index in [1.54, 1.807) is 12.2 Å². The van der Waals surface area contributed by atoms with Crippen molar-refractivity contribution < 1.29 is 36.1 Å². The van der Waals surface area contributed by atoms with Gasteiger partial charge in [-0.3, -0.25) is 0 Å². The van der Waals surface area contributed by atoms with Gasteiger partial charge in [-0.25, -0.2) is 0 Å². The van der Waals surface area contributed by atoms with E-state index in [0.717, 1.165) is 31.3 Å². The fourth-order valence-electron chi connectivity index (χ4n) is 3.69. The fourth-order valence-corrected chi connectivity index (χ4v) is 4.16. The van der Waals surface area contributed by atoms with Crippen molar-refractivity contribution in [3.8, 4) is 0 Å². The Morgan fingerprint density at radius 1 is 1.09 bits per heavy atom. The molecule has 2 aliphatic rings. The molecule has 0 spiro atoms. The molecule has 1 unspecified atom stereocenters. The molecule has 1 heterocycles. The van der Waals surface area contributed by atoms with Crippen LogP contribution in [0, 0.1) is 5.92 Å². The van der Waals surface area contributed by atoms with Gasteiger partial charge < -0.3 is 10.2 Å². The lowest BCUT2D eigenvalue weighted by atomic mass is 9.91. The highest BCUT2D eigenvalue weighted by atomic mass is 32.2. The number of nitrogens with zero attached hydrogens (tertiary/aromatic N) is 1. The summed E-state index contributed by atoms with van der Waals surface area (Å²) >= 11 is 0. The summed E-state index contributed by atoms with van der Waals surface area (Å²) in [7, 11) is -6.06. The van der Waals surface area contributed by atoms with E-state index in [2.05, 4.69) is 11.2 Å². The number of hydroxylamine groups is 2. The van der Waals surface area contributed by atoms with Crippen molar-refractivity contribution >= 4 is 10.1 Å². The van der Waals surface area contributed by atoms with E-state index in [4.69, 9.17) is 0 Å². The third-order valence-electron chi connectivity index (χ3n) is 5.41. The van der Waals surface area contributed by atoms with Gasteiger partial charge in [-0.15, -0.1) is 5.06 Å². The van der Waals surface area contributed by atoms with Crippen LogP contribution in [0.25, 0.3) is 0 Å². The lowest BCUT2D eigenvalue weighted by Crippen LogP contribution is -2.51. The molecule has 2 rings (SSSR count). The first-order valence-corrected chi connectivity index (χ1v) is 12.3. The van der Waals surface area contributed by atoms with E-state index in [0.29, 0.717) is 6.42 Å². The molecule has 0 aromatic heterocycles. The van der Waals surface area contributed by atoms with Crippen molar-refractivity contribution in [2.24, 2.45) is 5.92 Å². The van der Waals surface area contributed by atoms with Crippen LogP contribution in [0.1, 0.15) is 65.2 Å². The number of fused-ring (bicyclic) bond motifs is 2. The van der Waals surface area contributed by atoms with Gasteiger partial charge in [0.25, 0.3) is 0 Å². The summed E-state index contributed by atoms with van der Waals surface area (Å²) in [6.45, 7) is 4.12. The second-order valence-electron chi connectivity index (χ2n) is 8.22. The zero-order chi connectivity index (χ0) is 23.9. The monoisotopic (exact) mass is 479 g/mol. The quantitative estimate of drug-likeness (QED) is 0.363. The van der Waals surface area contributed by atoms with Crippen molar-refractivity contribution in [2.75, 3.05) is 0 Å². The minimum Gasteiger partial charge on any atom is -0.372 e. The number of unbranched alkanes of at least 4 members (excludes halogenated alkanes) is 5. The zero-order valence-corrected chi connectivity index (χ0v) is 19.2. The molecule has 6 nitrogen and oxygen atoms in total. The summed E-state index contributed by atoms with van der Waals surface area (Å²) in [5.41, 5.74) is -4.34. The molecule has 3 atom stereocenters. The number of hydrogen-bond donors (Lipinski definition) is 2. The van der Waals surface area contributed by atoms with Gasteiger partial charge in [-0.2, -0.15) is 25.9 Å². The Morgan fingerprint density at radius 3 is 2.38 bits per heavy atom. The average molecular weight is 480 g/mol. The molecule has 0 radical (unpaired) electrons. The Bertz CT molecular complexity index is 861. The topological polar surface area (TPSA) is 87.1 Å². The van der Waals surface area contributed by atoms with Crippen molar-refractivity contribution in [1.29, 1.82) is 0 Å². The Balaban J connectivity index is 2.27. The summed E-state index contributed by atoms with van der Waals surface area (Å²) in [6.07, 6.45) is 12.3. The normalized spacial score (nSPS) is 31.1. The highest BCUT2D eigenvalue weighted by Gasteiger charge is 2.51. The molecule has 2 bridgehead atoms. The predicted molar refractivity (Wildman–Crippen MR) is 115 cm³/mol. The van der Waals surface area contributed by atoms with Crippen LogP contribution in [0.4, 0.5) is 13.2 Å². The molecular formula is C22H32F3NO5S. The van der Waals surface area contributed by atoms with Crippen molar-refractivity contribution in [2.45, 2.75) is 83.2 Å². The van der Waals surface area contributed by atoms with Crippen LogP contribution < -0.4 is 0 Å². The van der Waals surface area contributed by atoms with Gasteiger partial charge in [0.05, 0.1) is 0 Å². The molecule has 10 heteroatoms. The number of aliphatic hydroxyl groups is 2. The zero-order valence-electron chi connectivity index (χ0n) is 18.4. The van der Waals surface area contributed by atoms with Crippen molar-refractivity contribution in [3.63, 3.8) is 0 Å². The van der Waals surface area contributed by atoms with E-state index < -0.39 is 28.1 Å². The molecule has 1 aliphatic heterocycles. The van der Waals surface area contributed by atoms with Crippen molar-refractivity contribution in [1.82, 2.24) is 5.06 Å². The van der Waals surface area contributed by atoms with Crippen LogP contribution in [-0.2, 0) is 14.4 Å². The maximum atomic E-state index is 12.8. The molecule has 32 heavy (non-hydrogen) atoms. The highest BCUT2D eigenvalue weighted by molar-refractivity contribution is 7.87. The van der Waals surface area contributed by atoms with Gasteiger partial charge >= 0.3 is 15.6 Å². The number of aliphatic hydroxyl groups excluding tert-OH is 2. The Hall–Kier alpha value is -1.46. The van der Waals surface area contributed by atoms with Crippen LogP contribution in [0.3, 0.4) is 0 Å². The summed E-state index contributed by atoms with van der Waals surface area (Å²) in [5, 5.41) is 21.1. The lowest BCUT2D eigenvalue weighted by Gasteiger charge is -2.38. The van der Waals surface area contributed by atoms with E-state index in [9.17, 15) is 31.8 Å². The highest BCUT2D eigenvalue weighted by Crippen LogP contribution is 2.35. The molecule has 1 aliphatic carbocycles. The summed E-state index contributed by atoms with van der Waals surface area (Å²) in [4.78, 5) is 0. The van der Waals surface area contributed by atoms with Crippen LogP contribution in [-0.4, -0.2) is 41.7 Å². The van der Waals surface area contributed by atoms with Gasteiger partial charge in [-0.1, -0.05) is 81.9 Å². The van der Waals surface area contributed by atoms with Crippen LogP contribution >= 0.6 is 0 Å². The first-order valence-electron chi connectivity index (χ1n) is 10.9. The first kappa shape index (κ1) is 26.8. The van der Waals surface area contributed by atoms with Gasteiger partial charge in [0.1, 0.15) is 0 Å². The average Bonchev–Trinajstić information content (AvgIpc) is 2.70. The molecular weight excluding hydrogens is 447 g/mol. The fraction of sp³-hybridized carbons (Fsp3) is 0.636. The van der Waals surface area contributed by atoms with Gasteiger partial charge in [0.15, 0.2) is 12.5 Å². The number of hydrogen-bond acceptors (Lipinski definition) is 6. The maximum Gasteiger partial charge on any atom is 0.524 e. The molecule has 1 saturated heterocycles. The number of allylic oxidation sites excluding steroid dienone is 6. The second kappa shape index (κ2) is 11.6. The number of alkyl halides is 3. The minimum atomic E-state index is -6.06. The summed E-state index contributed by atoms with van der Waals surface area (Å²) in [6, 6.07) is 0. The second-order valence-corrected chi connectivity index (χ2v) is 9.74. The summed E-state index contributed by atoms with van der Waals surface area (Å²) in [5.74, 6) is 0.0601. The Morgan fingerprint density at radius 2 is 1.72 bits per heavy atom. The Labute approximate surface area is 187 Å². The van der Waals surface area contributed by atoms with E-state index >= 15 is 0 Å². The van der Waals surface area contributed by atoms with E-state index in [1.165, 1.54) is 18.9 Å². The number of halogens is 3. The standard InChI is InChI=1S/C22H32F3NO5S/c1-3-4-5-6-7-8-11-17-13-16(2)10-9-12-18-15-19(14-17)21(28)26(20(18)27)31-32(29,30)22(23,24)25/h9-10,12-14,16,20-21,27-28H,3-8,11,15H2,1-2H3/b10-9-,17-13+,18-12+,19-14+/t16-,20?,21-/m1/s1. The number of piperidine rings is 1. The summed E-state index contributed by atoms with van der Waals surface area (Å²) < 4.78 is 65.5. The van der Waals surface area contributed by atoms with E-state index in [1.807, 2.05) is 19.1 Å². The molecule has 182 valence electrons. The smallest absolute Gasteiger partial charge is 0.372 e. The molecule has 0 amide bonds. The molecule has 0 saturated carbocycles. The molecule has 2 N–H and O–H groups in total. The van der Waals surface area contributed by atoms with Crippen molar-refractivity contribution in [3.05, 3.63) is 47.1 Å². The Kier molecular flexibility index (Phi) is 9.71. The first-order chi connectivity index (χ1) is 15.0. The van der Waals surface area contributed by atoms with E-state index in [-0.39, 0.29) is 28.5 Å². The largest absolute Gasteiger partial charge is 0.524 e. The third kappa shape index (κ3) is 7.28. The maximum absolute atomic E-state index is 12.8. The molecule has 0 aromatic rings. The van der Waals surface area contributed by atoms with Gasteiger partial charge in [-0.05, 0) is 36.3 Å². The molecule has 0 aromatic carbocycles. The van der Waals surface area contributed by atoms with Crippen LogP contribution in [0.5, 0.6) is 0 Å². The molecule has 1 fully saturated rings. The van der Waals surface area contributed by atoms with Gasteiger partial charge in [0.2, 0.25) is 0 Å². The third-order valence-corrected chi connectivity index (χ3v) is 6.35. The SMILES string of the molecule is CCCCCCCCC1=C\[C@H](C)/C=C\C=C2/C/C(=C\1)[C@@H](O)N(OS(=O)(=O)C(F)(F)F)C2O. The van der Waals surface area contributed by atoms with Crippen LogP contribution in [0.2, 0.25) is 0 Å². The number of rotatable bonds is 9.